The molecular formula is C13H17NO4. The Kier molecular flexibility index (Phi) is 5.73. The lowest BCUT2D eigenvalue weighted by Gasteiger charge is -2.10. The molecule has 5 nitrogen and oxygen atoms in total. The van der Waals surface area contributed by atoms with E-state index in [9.17, 15) is 4.79 Å². The molecule has 0 aromatic heterocycles. The van der Waals surface area contributed by atoms with Gasteiger partial charge in [0.25, 0.3) is 5.91 Å². The minimum Gasteiger partial charge on any atom is -0.493 e. The molecule has 0 heterocycles. The van der Waals surface area contributed by atoms with Gasteiger partial charge in [0.05, 0.1) is 13.7 Å². The quantitative estimate of drug-likeness (QED) is 0.461. The lowest BCUT2D eigenvalue weighted by molar-refractivity contribution is -0.124. The van der Waals surface area contributed by atoms with Crippen LogP contribution in [0.4, 0.5) is 0 Å². The van der Waals surface area contributed by atoms with E-state index in [0.717, 1.165) is 12.0 Å². The molecule has 0 atom stereocenters. The van der Waals surface area contributed by atoms with E-state index in [2.05, 4.69) is 0 Å². The average molecular weight is 251 g/mol. The minimum atomic E-state index is -0.583. The number of nitrogens with one attached hydrogen (secondary N) is 1. The molecule has 0 spiro atoms. The third kappa shape index (κ3) is 4.10. The highest BCUT2D eigenvalue weighted by Crippen LogP contribution is 2.28. The van der Waals surface area contributed by atoms with Gasteiger partial charge in [0.1, 0.15) is 0 Å². The van der Waals surface area contributed by atoms with Gasteiger partial charge < -0.3 is 9.47 Å². The van der Waals surface area contributed by atoms with Crippen LogP contribution in [0, 0.1) is 0 Å². The number of methoxy groups -OCH3 is 1. The van der Waals surface area contributed by atoms with Crippen molar-refractivity contribution in [3.05, 3.63) is 29.8 Å². The number of hydrogen-bond donors (Lipinski definition) is 2. The predicted octanol–water partition coefficient (Wildman–Crippen LogP) is 2.00. The molecule has 1 amide bonds. The van der Waals surface area contributed by atoms with Gasteiger partial charge >= 0.3 is 0 Å². The first-order valence-corrected chi connectivity index (χ1v) is 5.64. The highest BCUT2D eigenvalue weighted by Gasteiger charge is 2.04. The highest BCUT2D eigenvalue weighted by molar-refractivity contribution is 5.90. The summed E-state index contributed by atoms with van der Waals surface area (Å²) in [4.78, 5) is 10.8. The average Bonchev–Trinajstić information content (AvgIpc) is 2.42. The monoisotopic (exact) mass is 251 g/mol. The lowest BCUT2D eigenvalue weighted by Crippen LogP contribution is -2.14. The highest BCUT2D eigenvalue weighted by atomic mass is 16.5. The van der Waals surface area contributed by atoms with Gasteiger partial charge in [-0.15, -0.1) is 0 Å². The van der Waals surface area contributed by atoms with Gasteiger partial charge in [-0.1, -0.05) is 13.0 Å². The number of hydrogen-bond acceptors (Lipinski definition) is 4. The summed E-state index contributed by atoms with van der Waals surface area (Å²) in [5.74, 6) is 0.693. The van der Waals surface area contributed by atoms with Crippen molar-refractivity contribution in [3.8, 4) is 11.5 Å². The van der Waals surface area contributed by atoms with Gasteiger partial charge in [0.2, 0.25) is 0 Å². The molecule has 0 aliphatic rings. The Balaban J connectivity index is 2.84. The van der Waals surface area contributed by atoms with Crippen molar-refractivity contribution >= 4 is 12.0 Å². The molecule has 1 rings (SSSR count). The molecule has 0 aliphatic carbocycles. The Morgan fingerprint density at radius 2 is 2.22 bits per heavy atom. The topological polar surface area (TPSA) is 67.8 Å². The van der Waals surface area contributed by atoms with E-state index in [4.69, 9.17) is 14.7 Å². The third-order valence-corrected chi connectivity index (χ3v) is 2.19. The second kappa shape index (κ2) is 7.34. The van der Waals surface area contributed by atoms with Crippen LogP contribution >= 0.6 is 0 Å². The SMILES string of the molecule is CCCOc1ccc(/C=C/C(=O)NO)cc1OC. The Morgan fingerprint density at radius 1 is 1.44 bits per heavy atom. The van der Waals surface area contributed by atoms with Gasteiger partial charge in [-0.25, -0.2) is 5.48 Å². The first kappa shape index (κ1) is 14.1. The Morgan fingerprint density at radius 3 is 2.83 bits per heavy atom. The van der Waals surface area contributed by atoms with Crippen molar-refractivity contribution in [2.24, 2.45) is 0 Å². The van der Waals surface area contributed by atoms with Crippen LogP contribution in [0.5, 0.6) is 11.5 Å². The van der Waals surface area contributed by atoms with Crippen molar-refractivity contribution in [3.63, 3.8) is 0 Å². The summed E-state index contributed by atoms with van der Waals surface area (Å²) in [5.41, 5.74) is 2.30. The van der Waals surface area contributed by atoms with Crippen molar-refractivity contribution < 1.29 is 19.5 Å². The smallest absolute Gasteiger partial charge is 0.267 e. The summed E-state index contributed by atoms with van der Waals surface area (Å²) in [6.45, 7) is 2.65. The maximum absolute atomic E-state index is 10.8. The number of carbonyl (C=O) groups excluding carboxylic acids is 1. The molecule has 5 heteroatoms. The van der Waals surface area contributed by atoms with Gasteiger partial charge in [-0.3, -0.25) is 10.0 Å². The zero-order valence-electron chi connectivity index (χ0n) is 10.5. The molecule has 1 aromatic rings. The van der Waals surface area contributed by atoms with Crippen molar-refractivity contribution in [1.82, 2.24) is 5.48 Å². The molecule has 18 heavy (non-hydrogen) atoms. The number of amides is 1. The molecule has 0 saturated heterocycles. The minimum absolute atomic E-state index is 0.583. The fourth-order valence-electron chi connectivity index (χ4n) is 1.33. The molecule has 1 aromatic carbocycles. The van der Waals surface area contributed by atoms with E-state index in [1.807, 2.05) is 6.92 Å². The molecule has 98 valence electrons. The van der Waals surface area contributed by atoms with E-state index in [0.29, 0.717) is 18.1 Å². The van der Waals surface area contributed by atoms with E-state index < -0.39 is 5.91 Å². The van der Waals surface area contributed by atoms with Gasteiger partial charge in [0, 0.05) is 6.08 Å². The summed E-state index contributed by atoms with van der Waals surface area (Å²) in [6.07, 6.45) is 3.71. The number of benzene rings is 1. The van der Waals surface area contributed by atoms with E-state index >= 15 is 0 Å². The normalized spacial score (nSPS) is 10.4. The summed E-state index contributed by atoms with van der Waals surface area (Å²) in [5, 5.41) is 8.36. The summed E-state index contributed by atoms with van der Waals surface area (Å²) in [7, 11) is 1.56. The van der Waals surface area contributed by atoms with Crippen molar-refractivity contribution in [2.45, 2.75) is 13.3 Å². The van der Waals surface area contributed by atoms with Crippen LogP contribution in [-0.2, 0) is 4.79 Å². The van der Waals surface area contributed by atoms with Crippen LogP contribution < -0.4 is 15.0 Å². The second-order valence-corrected chi connectivity index (χ2v) is 3.57. The molecule has 0 aliphatic heterocycles. The predicted molar refractivity (Wildman–Crippen MR) is 67.7 cm³/mol. The van der Waals surface area contributed by atoms with Gasteiger partial charge in [0.15, 0.2) is 11.5 Å². The zero-order chi connectivity index (χ0) is 13.4. The summed E-state index contributed by atoms with van der Waals surface area (Å²) in [6, 6.07) is 5.34. The molecular weight excluding hydrogens is 234 g/mol. The molecule has 0 radical (unpaired) electrons. The largest absolute Gasteiger partial charge is 0.493 e. The maximum Gasteiger partial charge on any atom is 0.267 e. The lowest BCUT2D eigenvalue weighted by atomic mass is 10.2. The molecule has 0 saturated carbocycles. The molecule has 0 unspecified atom stereocenters. The van der Waals surface area contributed by atoms with E-state index in [1.54, 1.807) is 31.4 Å². The maximum atomic E-state index is 10.8. The van der Waals surface area contributed by atoms with Crippen molar-refractivity contribution in [2.75, 3.05) is 13.7 Å². The van der Waals surface area contributed by atoms with Gasteiger partial charge in [-0.05, 0) is 30.2 Å². The van der Waals surface area contributed by atoms with Crippen LogP contribution in [0.2, 0.25) is 0 Å². The van der Waals surface area contributed by atoms with Crippen LogP contribution in [-0.4, -0.2) is 24.8 Å². The molecule has 2 N–H and O–H groups in total. The number of carbonyl (C=O) groups is 1. The van der Waals surface area contributed by atoms with Gasteiger partial charge in [-0.2, -0.15) is 0 Å². The van der Waals surface area contributed by atoms with Crippen molar-refractivity contribution in [1.29, 1.82) is 0 Å². The van der Waals surface area contributed by atoms with Crippen LogP contribution in [0.15, 0.2) is 24.3 Å². The standard InChI is InChI=1S/C13H17NO4/c1-3-8-18-11-6-4-10(9-12(11)17-2)5-7-13(15)14-16/h4-7,9,16H,3,8H2,1-2H3,(H,14,15)/b7-5+. The first-order chi connectivity index (χ1) is 8.71. The number of hydroxylamine groups is 1. The Bertz CT molecular complexity index is 429. The summed E-state index contributed by atoms with van der Waals surface area (Å²) >= 11 is 0. The first-order valence-electron chi connectivity index (χ1n) is 5.64. The van der Waals surface area contributed by atoms with Crippen LogP contribution in [0.25, 0.3) is 6.08 Å². The van der Waals surface area contributed by atoms with Crippen LogP contribution in [0.1, 0.15) is 18.9 Å². The second-order valence-electron chi connectivity index (χ2n) is 3.57. The Hall–Kier alpha value is -2.01. The Labute approximate surface area is 106 Å². The zero-order valence-corrected chi connectivity index (χ0v) is 10.5. The fourth-order valence-corrected chi connectivity index (χ4v) is 1.33. The van der Waals surface area contributed by atoms with E-state index in [1.165, 1.54) is 11.6 Å². The molecule has 0 bridgehead atoms. The fraction of sp³-hybridized carbons (Fsp3) is 0.308. The summed E-state index contributed by atoms with van der Waals surface area (Å²) < 4.78 is 10.7. The third-order valence-electron chi connectivity index (χ3n) is 2.19. The number of rotatable bonds is 6. The molecule has 0 fully saturated rings. The number of ether oxygens (including phenoxy) is 2. The van der Waals surface area contributed by atoms with E-state index in [-0.39, 0.29) is 0 Å². The van der Waals surface area contributed by atoms with Crippen LogP contribution in [0.3, 0.4) is 0 Å².